The van der Waals surface area contributed by atoms with Crippen LogP contribution in [0.15, 0.2) is 0 Å². The van der Waals surface area contributed by atoms with Crippen molar-refractivity contribution in [2.75, 3.05) is 6.61 Å². The van der Waals surface area contributed by atoms with Gasteiger partial charge in [-0.05, 0) is 0 Å². The van der Waals surface area contributed by atoms with Crippen LogP contribution in [-0.2, 0) is 4.79 Å². The lowest BCUT2D eigenvalue weighted by Crippen LogP contribution is -2.46. The van der Waals surface area contributed by atoms with Gasteiger partial charge in [-0.3, -0.25) is 0 Å². The maximum atomic E-state index is 9.90. The summed E-state index contributed by atoms with van der Waals surface area (Å²) in [5.41, 5.74) is 0. The number of rotatable bonds is 5. The van der Waals surface area contributed by atoms with Gasteiger partial charge in [-0.25, -0.2) is 0 Å². The lowest BCUT2D eigenvalue weighted by molar-refractivity contribution is -0.136. The molecule has 0 aliphatic carbocycles. The largest absolute Gasteiger partial charge is 0.631 e. The quantitative estimate of drug-likeness (QED) is 0.172. The summed E-state index contributed by atoms with van der Waals surface area (Å²) in [6.07, 6.45) is -6.84. The zero-order chi connectivity index (χ0) is 13.3. The highest BCUT2D eigenvalue weighted by atomic mass is 16.5. The second-order valence-electron chi connectivity index (χ2n) is 2.70. The van der Waals surface area contributed by atoms with E-state index in [2.05, 4.69) is 0 Å². The Morgan fingerprint density at radius 2 is 1.38 bits per heavy atom. The Morgan fingerprint density at radius 1 is 1.00 bits per heavy atom. The van der Waals surface area contributed by atoms with Gasteiger partial charge in [0.1, 0.15) is 24.4 Å². The van der Waals surface area contributed by atoms with Crippen molar-refractivity contribution < 1.29 is 45.4 Å². The van der Waals surface area contributed by atoms with E-state index >= 15 is 0 Å². The van der Waals surface area contributed by atoms with Gasteiger partial charge in [0, 0.05) is 0 Å². The molecular formula is C6H15BO9. The van der Waals surface area contributed by atoms with Crippen LogP contribution in [0.25, 0.3) is 0 Å². The predicted molar refractivity (Wildman–Crippen MR) is 49.6 cm³/mol. The van der Waals surface area contributed by atoms with E-state index < -0.39 is 38.3 Å². The fourth-order valence-electron chi connectivity index (χ4n) is 0.618. The summed E-state index contributed by atoms with van der Waals surface area (Å²) >= 11 is 0. The maximum absolute atomic E-state index is 9.90. The first-order valence-electron chi connectivity index (χ1n) is 4.10. The summed E-state index contributed by atoms with van der Waals surface area (Å²) in [6.45, 7) is -0.760. The smallest absolute Gasteiger partial charge is 0.402 e. The Bertz CT molecular complexity index is 175. The maximum Gasteiger partial charge on any atom is 0.631 e. The minimum absolute atomic E-state index is 0.0258. The van der Waals surface area contributed by atoms with Crippen molar-refractivity contribution in [3.8, 4) is 0 Å². The van der Waals surface area contributed by atoms with Gasteiger partial charge >= 0.3 is 7.32 Å². The molecule has 0 aromatic rings. The van der Waals surface area contributed by atoms with Crippen molar-refractivity contribution in [1.82, 2.24) is 0 Å². The summed E-state index contributed by atoms with van der Waals surface area (Å²) < 4.78 is 0. The first-order chi connectivity index (χ1) is 7.27. The summed E-state index contributed by atoms with van der Waals surface area (Å²) in [4.78, 5) is 9.90. The standard InChI is InChI=1S/C6H12O6.BH3O3/c7-1-3(9)5(11)6(12)4(10)2-8;2-1(3)4/h1,3-6,8-12H,2H2;2-4H. The van der Waals surface area contributed by atoms with Crippen LogP contribution in [0.3, 0.4) is 0 Å². The molecular weight excluding hydrogens is 227 g/mol. The van der Waals surface area contributed by atoms with Crippen molar-refractivity contribution in [3.63, 3.8) is 0 Å². The van der Waals surface area contributed by atoms with Crippen LogP contribution in [0.5, 0.6) is 0 Å². The van der Waals surface area contributed by atoms with Gasteiger partial charge < -0.3 is 45.4 Å². The molecule has 4 unspecified atom stereocenters. The van der Waals surface area contributed by atoms with E-state index in [1.807, 2.05) is 0 Å². The van der Waals surface area contributed by atoms with E-state index in [4.69, 9.17) is 40.6 Å². The first-order valence-corrected chi connectivity index (χ1v) is 4.10. The topological polar surface area (TPSA) is 179 Å². The third-order valence-corrected chi connectivity index (χ3v) is 1.42. The molecule has 0 rings (SSSR count). The van der Waals surface area contributed by atoms with Crippen LogP contribution in [0.2, 0.25) is 0 Å². The molecule has 0 bridgehead atoms. The number of hydrogen-bond acceptors (Lipinski definition) is 9. The molecule has 0 saturated heterocycles. The van der Waals surface area contributed by atoms with Gasteiger partial charge in [-0.2, -0.15) is 0 Å². The van der Waals surface area contributed by atoms with Gasteiger partial charge in [-0.15, -0.1) is 0 Å². The van der Waals surface area contributed by atoms with E-state index in [1.54, 1.807) is 0 Å². The Morgan fingerprint density at radius 3 is 1.62 bits per heavy atom. The molecule has 0 saturated carbocycles. The molecule has 0 aromatic heterocycles. The van der Waals surface area contributed by atoms with Crippen LogP contribution < -0.4 is 0 Å². The summed E-state index contributed by atoms with van der Waals surface area (Å²) in [5.74, 6) is 0. The van der Waals surface area contributed by atoms with Gasteiger partial charge in [-0.1, -0.05) is 0 Å². The molecule has 16 heavy (non-hydrogen) atoms. The lowest BCUT2D eigenvalue weighted by atomic mass is 10.0. The SMILES string of the molecule is O=CC(O)C(O)C(O)C(O)CO.OB(O)O. The fraction of sp³-hybridized carbons (Fsp3) is 0.833. The number of hydrogen-bond donors (Lipinski definition) is 8. The molecule has 0 aliphatic heterocycles. The number of carbonyl (C=O) groups is 1. The first kappa shape index (κ1) is 17.8. The normalized spacial score (nSPS) is 17.5. The Hall–Kier alpha value is -0.585. The molecule has 4 atom stereocenters. The Kier molecular flexibility index (Phi) is 10.7. The van der Waals surface area contributed by atoms with Gasteiger partial charge in [0.05, 0.1) is 6.61 Å². The molecule has 0 spiro atoms. The number of aliphatic hydroxyl groups excluding tert-OH is 5. The molecule has 8 N–H and O–H groups in total. The highest BCUT2D eigenvalue weighted by molar-refractivity contribution is 6.30. The van der Waals surface area contributed by atoms with E-state index in [0.29, 0.717) is 0 Å². The van der Waals surface area contributed by atoms with Crippen molar-refractivity contribution in [2.45, 2.75) is 24.4 Å². The molecule has 0 aromatic carbocycles. The molecule has 96 valence electrons. The minimum atomic E-state index is -2.17. The third-order valence-electron chi connectivity index (χ3n) is 1.42. The van der Waals surface area contributed by atoms with Gasteiger partial charge in [0.15, 0.2) is 6.29 Å². The molecule has 10 heteroatoms. The number of aldehydes is 1. The second kappa shape index (κ2) is 9.63. The molecule has 0 radical (unpaired) electrons. The van der Waals surface area contributed by atoms with Crippen LogP contribution >= 0.6 is 0 Å². The number of carbonyl (C=O) groups excluding carboxylic acids is 1. The molecule has 0 fully saturated rings. The molecule has 0 aliphatic rings. The van der Waals surface area contributed by atoms with Crippen LogP contribution in [0.4, 0.5) is 0 Å². The monoisotopic (exact) mass is 242 g/mol. The second-order valence-corrected chi connectivity index (χ2v) is 2.70. The molecule has 9 nitrogen and oxygen atoms in total. The highest BCUT2D eigenvalue weighted by Gasteiger charge is 2.29. The number of aliphatic hydroxyl groups is 5. The van der Waals surface area contributed by atoms with E-state index in [1.165, 1.54) is 0 Å². The van der Waals surface area contributed by atoms with Crippen LogP contribution in [-0.4, -0.2) is 85.2 Å². The van der Waals surface area contributed by atoms with Crippen molar-refractivity contribution in [2.24, 2.45) is 0 Å². The Labute approximate surface area is 91.0 Å². The van der Waals surface area contributed by atoms with E-state index in [9.17, 15) is 4.79 Å². The lowest BCUT2D eigenvalue weighted by Gasteiger charge is -2.22. The van der Waals surface area contributed by atoms with Crippen LogP contribution in [0.1, 0.15) is 0 Å². The average molecular weight is 242 g/mol. The summed E-state index contributed by atoms with van der Waals surface area (Å²) in [5, 5.41) is 65.0. The van der Waals surface area contributed by atoms with Crippen LogP contribution in [0, 0.1) is 0 Å². The van der Waals surface area contributed by atoms with Crippen molar-refractivity contribution in [3.05, 3.63) is 0 Å². The highest BCUT2D eigenvalue weighted by Crippen LogP contribution is 2.02. The predicted octanol–water partition coefficient (Wildman–Crippen LogP) is -5.43. The molecule has 0 heterocycles. The van der Waals surface area contributed by atoms with Gasteiger partial charge in [0.2, 0.25) is 0 Å². The van der Waals surface area contributed by atoms with Crippen molar-refractivity contribution in [1.29, 1.82) is 0 Å². The fourth-order valence-corrected chi connectivity index (χ4v) is 0.618. The van der Waals surface area contributed by atoms with Crippen molar-refractivity contribution >= 4 is 13.6 Å². The molecule has 0 amide bonds. The summed E-state index contributed by atoms with van der Waals surface area (Å²) in [7, 11) is -2.17. The van der Waals surface area contributed by atoms with E-state index in [-0.39, 0.29) is 6.29 Å². The average Bonchev–Trinajstić information content (AvgIpc) is 2.24. The third kappa shape index (κ3) is 8.70. The zero-order valence-electron chi connectivity index (χ0n) is 8.16. The van der Waals surface area contributed by atoms with Gasteiger partial charge in [0.25, 0.3) is 0 Å². The Balaban J connectivity index is 0. The van der Waals surface area contributed by atoms with E-state index in [0.717, 1.165) is 0 Å². The summed E-state index contributed by atoms with van der Waals surface area (Å²) in [6, 6.07) is 0. The zero-order valence-corrected chi connectivity index (χ0v) is 8.16. The minimum Gasteiger partial charge on any atom is -0.402 e.